The Hall–Kier alpha value is -0.190. The molecule has 0 heterocycles. The van der Waals surface area contributed by atoms with Gasteiger partial charge in [0.05, 0.1) is 26.2 Å². The molecule has 0 bridgehead atoms. The second-order valence-corrected chi connectivity index (χ2v) is 2.61. The molecule has 0 unspecified atom stereocenters. The molecule has 0 rings (SSSR count). The van der Waals surface area contributed by atoms with E-state index in [1.54, 1.807) is 0 Å². The van der Waals surface area contributed by atoms with E-state index >= 15 is 0 Å². The maximum Gasteiger partial charge on any atom is 0.0757 e. The molecule has 88 valence electrons. The first-order chi connectivity index (χ1) is 4.24. The molecule has 4 heteroatoms. The van der Waals surface area contributed by atoms with E-state index in [0.717, 1.165) is 0 Å². The third-order valence-electron chi connectivity index (χ3n) is 2.68. The third-order valence-corrected chi connectivity index (χ3v) is 2.68. The Bertz CT molecular complexity index is 60.5. The average Bonchev–Trinajstić information content (AvgIpc) is 1.95. The molecular weight excluding hydrogens is 171 g/mol. The van der Waals surface area contributed by atoms with Gasteiger partial charge in [0, 0.05) is 0 Å². The van der Waals surface area contributed by atoms with Crippen molar-refractivity contribution in [2.45, 2.75) is 35.1 Å². The minimum absolute atomic E-state index is 0. The molecule has 0 aromatic carbocycles. The quantitative estimate of drug-likeness (QED) is 0.573. The molecule has 0 fully saturated rings. The summed E-state index contributed by atoms with van der Waals surface area (Å²) >= 11 is 0. The zero-order chi connectivity index (χ0) is 7.33. The molecular formula is C9H29FN2O. The molecule has 0 radical (unpaired) electrons. The number of rotatable bonds is 4. The molecule has 5 N–H and O–H groups in total. The molecule has 0 aliphatic carbocycles. The molecule has 0 aliphatic heterocycles. The van der Waals surface area contributed by atoms with Crippen molar-refractivity contribution < 1.29 is 14.7 Å². The summed E-state index contributed by atoms with van der Waals surface area (Å²) in [5.74, 6) is 0. The van der Waals surface area contributed by atoms with Crippen molar-refractivity contribution in [1.29, 1.82) is 0 Å². The van der Waals surface area contributed by atoms with Gasteiger partial charge in [-0.3, -0.25) is 0 Å². The van der Waals surface area contributed by atoms with Crippen molar-refractivity contribution in [2.75, 3.05) is 26.2 Å². The van der Waals surface area contributed by atoms with Crippen LogP contribution in [0.4, 0.5) is 0 Å². The van der Waals surface area contributed by atoms with E-state index < -0.39 is 0 Å². The topological polar surface area (TPSA) is 66.5 Å². The van der Waals surface area contributed by atoms with Crippen LogP contribution in [0.2, 0.25) is 0 Å². The Morgan fingerprint density at radius 2 is 0.923 bits per heavy atom. The molecule has 0 atom stereocenters. The Morgan fingerprint density at radius 1 is 0.769 bits per heavy atom. The van der Waals surface area contributed by atoms with Gasteiger partial charge < -0.3 is 20.8 Å². The molecule has 0 amide bonds. The monoisotopic (exact) mass is 200 g/mol. The lowest BCUT2D eigenvalue weighted by Crippen LogP contribution is -3.00. The summed E-state index contributed by atoms with van der Waals surface area (Å²) in [6.45, 7) is 14.2. The van der Waals surface area contributed by atoms with Crippen molar-refractivity contribution in [3.63, 3.8) is 0 Å². The second kappa shape index (κ2) is 14.3. The molecule has 0 aromatic heterocycles. The van der Waals surface area contributed by atoms with Crippen LogP contribution in [0, 0.1) is 0 Å². The highest BCUT2D eigenvalue weighted by Gasteiger charge is 2.16. The SMILES string of the molecule is C.CC[N+](CC)(CC)CC.N.O.[F-]. The largest absolute Gasteiger partial charge is 1.00 e. The summed E-state index contributed by atoms with van der Waals surface area (Å²) in [6, 6.07) is 0. The summed E-state index contributed by atoms with van der Waals surface area (Å²) in [5, 5.41) is 0. The molecule has 13 heavy (non-hydrogen) atoms. The number of halogens is 1. The van der Waals surface area contributed by atoms with Crippen LogP contribution in [0.5, 0.6) is 0 Å². The van der Waals surface area contributed by atoms with Gasteiger partial charge in [-0.2, -0.15) is 0 Å². The molecule has 0 saturated carbocycles. The van der Waals surface area contributed by atoms with E-state index in [2.05, 4.69) is 27.7 Å². The summed E-state index contributed by atoms with van der Waals surface area (Å²) in [5.41, 5.74) is 0. The van der Waals surface area contributed by atoms with Gasteiger partial charge >= 0.3 is 0 Å². The Kier molecular flexibility index (Phi) is 32.3. The Morgan fingerprint density at radius 3 is 0.923 bits per heavy atom. The van der Waals surface area contributed by atoms with Crippen LogP contribution >= 0.6 is 0 Å². The first-order valence-electron chi connectivity index (χ1n) is 4.09. The molecule has 0 saturated heterocycles. The molecule has 0 spiro atoms. The standard InChI is InChI=1S/C8H20N.CH4.FH.H3N.H2O/c1-5-9(6-2,7-3)8-4;;;;/h5-8H2,1-4H3;1H4;1H;1H3;1H2/q+1;;;;/p-1. The van der Waals surface area contributed by atoms with Crippen LogP contribution in [0.1, 0.15) is 35.1 Å². The van der Waals surface area contributed by atoms with Crippen molar-refractivity contribution in [1.82, 2.24) is 6.15 Å². The van der Waals surface area contributed by atoms with Gasteiger partial charge in [0.15, 0.2) is 0 Å². The second-order valence-electron chi connectivity index (χ2n) is 2.61. The molecule has 0 aromatic rings. The predicted octanol–water partition coefficient (Wildman–Crippen LogP) is -1.14. The van der Waals surface area contributed by atoms with Crippen molar-refractivity contribution in [2.24, 2.45) is 0 Å². The van der Waals surface area contributed by atoms with E-state index in [-0.39, 0.29) is 23.8 Å². The van der Waals surface area contributed by atoms with E-state index in [1.165, 1.54) is 30.7 Å². The zero-order valence-electron chi connectivity index (χ0n) is 8.86. The Balaban J connectivity index is -0.0000000533. The highest BCUT2D eigenvalue weighted by atomic mass is 19.0. The number of quaternary nitrogens is 1. The lowest BCUT2D eigenvalue weighted by Gasteiger charge is -2.34. The number of hydrogen-bond acceptors (Lipinski definition) is 1. The van der Waals surface area contributed by atoms with Crippen LogP contribution in [-0.2, 0) is 0 Å². The molecule has 0 aliphatic rings. The van der Waals surface area contributed by atoms with Gasteiger partial charge in [0.25, 0.3) is 0 Å². The average molecular weight is 200 g/mol. The van der Waals surface area contributed by atoms with E-state index in [0.29, 0.717) is 0 Å². The van der Waals surface area contributed by atoms with Crippen molar-refractivity contribution in [3.05, 3.63) is 0 Å². The lowest BCUT2D eigenvalue weighted by atomic mass is 10.3. The normalized spacial score (nSPS) is 8.31. The van der Waals surface area contributed by atoms with Crippen LogP contribution in [0.3, 0.4) is 0 Å². The lowest BCUT2D eigenvalue weighted by molar-refractivity contribution is -0.921. The van der Waals surface area contributed by atoms with Crippen molar-refractivity contribution in [3.8, 4) is 0 Å². The summed E-state index contributed by atoms with van der Waals surface area (Å²) in [6.07, 6.45) is 0. The fourth-order valence-electron chi connectivity index (χ4n) is 1.34. The first kappa shape index (κ1) is 29.3. The fraction of sp³-hybridized carbons (Fsp3) is 1.00. The zero-order valence-corrected chi connectivity index (χ0v) is 8.86. The first-order valence-corrected chi connectivity index (χ1v) is 4.09. The van der Waals surface area contributed by atoms with Crippen LogP contribution in [0.25, 0.3) is 0 Å². The van der Waals surface area contributed by atoms with Gasteiger partial charge in [-0.15, -0.1) is 0 Å². The van der Waals surface area contributed by atoms with Gasteiger partial charge in [0.1, 0.15) is 0 Å². The predicted molar refractivity (Wildman–Crippen MR) is 57.8 cm³/mol. The number of nitrogens with zero attached hydrogens (tertiary/aromatic N) is 1. The van der Waals surface area contributed by atoms with Gasteiger partial charge in [-0.1, -0.05) is 7.43 Å². The minimum Gasteiger partial charge on any atom is -1.00 e. The van der Waals surface area contributed by atoms with E-state index in [9.17, 15) is 0 Å². The number of hydrogen-bond donors (Lipinski definition) is 1. The van der Waals surface area contributed by atoms with Crippen molar-refractivity contribution >= 4 is 0 Å². The maximum atomic E-state index is 2.27. The fourth-order valence-corrected chi connectivity index (χ4v) is 1.34. The van der Waals surface area contributed by atoms with Gasteiger partial charge in [-0.25, -0.2) is 0 Å². The molecule has 3 nitrogen and oxygen atoms in total. The maximum absolute atomic E-state index is 2.27. The Labute approximate surface area is 83.0 Å². The van der Waals surface area contributed by atoms with E-state index in [1.807, 2.05) is 0 Å². The summed E-state index contributed by atoms with van der Waals surface area (Å²) < 4.78 is 1.28. The minimum atomic E-state index is 0. The highest BCUT2D eigenvalue weighted by Crippen LogP contribution is 2.03. The summed E-state index contributed by atoms with van der Waals surface area (Å²) in [4.78, 5) is 0. The van der Waals surface area contributed by atoms with Crippen LogP contribution in [0.15, 0.2) is 0 Å². The van der Waals surface area contributed by atoms with Crippen LogP contribution < -0.4 is 10.9 Å². The highest BCUT2D eigenvalue weighted by molar-refractivity contribution is 4.31. The third kappa shape index (κ3) is 8.15. The van der Waals surface area contributed by atoms with Crippen LogP contribution in [-0.4, -0.2) is 36.1 Å². The van der Waals surface area contributed by atoms with Gasteiger partial charge in [-0.05, 0) is 27.7 Å². The smallest absolute Gasteiger partial charge is 0.0757 e. The summed E-state index contributed by atoms with van der Waals surface area (Å²) in [7, 11) is 0. The van der Waals surface area contributed by atoms with E-state index in [4.69, 9.17) is 0 Å². The van der Waals surface area contributed by atoms with Gasteiger partial charge in [0.2, 0.25) is 0 Å².